The highest BCUT2D eigenvalue weighted by atomic mass is 16.5. The van der Waals surface area contributed by atoms with Gasteiger partial charge in [-0.3, -0.25) is 9.48 Å². The maximum Gasteiger partial charge on any atom is 0.435 e. The van der Waals surface area contributed by atoms with E-state index in [0.717, 1.165) is 16.8 Å². The molecule has 3 N–H and O–H groups in total. The van der Waals surface area contributed by atoms with Crippen LogP contribution in [0.5, 0.6) is 0 Å². The number of benzene rings is 2. The van der Waals surface area contributed by atoms with Crippen molar-refractivity contribution in [1.29, 1.82) is 0 Å². The molecule has 2 amide bonds. The molecule has 0 radical (unpaired) electrons. The number of aromatic nitrogens is 2. The highest BCUT2D eigenvalue weighted by molar-refractivity contribution is 6.02. The monoisotopic (exact) mass is 405 g/mol. The van der Waals surface area contributed by atoms with Crippen LogP contribution >= 0.6 is 0 Å². The van der Waals surface area contributed by atoms with E-state index in [0.29, 0.717) is 24.2 Å². The fourth-order valence-corrected chi connectivity index (χ4v) is 2.86. The third-order valence-corrected chi connectivity index (χ3v) is 4.61. The van der Waals surface area contributed by atoms with E-state index in [1.807, 2.05) is 41.9 Å². The third-order valence-electron chi connectivity index (χ3n) is 4.61. The maximum absolute atomic E-state index is 12.6. The van der Waals surface area contributed by atoms with Crippen molar-refractivity contribution >= 4 is 17.8 Å². The van der Waals surface area contributed by atoms with Crippen LogP contribution in [0.25, 0.3) is 0 Å². The van der Waals surface area contributed by atoms with Gasteiger partial charge in [0.2, 0.25) is 0 Å². The van der Waals surface area contributed by atoms with E-state index < -0.39 is 6.09 Å². The zero-order valence-corrected chi connectivity index (χ0v) is 16.8. The quantitative estimate of drug-likeness (QED) is 0.484. The number of carbonyl (C=O) groups is 2. The van der Waals surface area contributed by atoms with Crippen molar-refractivity contribution in [2.45, 2.75) is 20.0 Å². The second-order valence-electron chi connectivity index (χ2n) is 6.63. The molecule has 0 saturated carbocycles. The molecule has 2 aromatic carbocycles. The first kappa shape index (κ1) is 20.8. The molecule has 0 spiro atoms. The van der Waals surface area contributed by atoms with Gasteiger partial charge in [0.25, 0.3) is 5.91 Å². The normalized spacial score (nSPS) is 11.2. The van der Waals surface area contributed by atoms with Crippen molar-refractivity contribution in [2.24, 2.45) is 10.7 Å². The molecule has 0 atom stereocenters. The first-order chi connectivity index (χ1) is 14.5. The van der Waals surface area contributed by atoms with Gasteiger partial charge in [-0.15, -0.1) is 0 Å². The largest absolute Gasteiger partial charge is 0.451 e. The lowest BCUT2D eigenvalue weighted by atomic mass is 10.1. The minimum atomic E-state index is -0.757. The van der Waals surface area contributed by atoms with Gasteiger partial charge in [-0.05, 0) is 18.1 Å². The van der Waals surface area contributed by atoms with Gasteiger partial charge in [-0.1, -0.05) is 54.6 Å². The van der Waals surface area contributed by atoms with Crippen LogP contribution in [0.15, 0.2) is 65.8 Å². The molecule has 3 rings (SSSR count). The number of amides is 2. The van der Waals surface area contributed by atoms with Crippen molar-refractivity contribution in [3.05, 3.63) is 88.7 Å². The van der Waals surface area contributed by atoms with Crippen molar-refractivity contribution < 1.29 is 14.3 Å². The van der Waals surface area contributed by atoms with Gasteiger partial charge in [-0.2, -0.15) is 10.1 Å². The van der Waals surface area contributed by atoms with E-state index in [9.17, 15) is 9.59 Å². The Hall–Kier alpha value is -3.94. The minimum absolute atomic E-state index is 0.0684. The van der Waals surface area contributed by atoms with Gasteiger partial charge in [-0.25, -0.2) is 4.79 Å². The first-order valence-electron chi connectivity index (χ1n) is 9.34. The molecule has 3 aromatic rings. The highest BCUT2D eigenvalue weighted by Crippen LogP contribution is 2.11. The smallest absolute Gasteiger partial charge is 0.435 e. The second-order valence-corrected chi connectivity index (χ2v) is 6.63. The van der Waals surface area contributed by atoms with Crippen LogP contribution < -0.4 is 11.1 Å². The number of nitrogens with zero attached hydrogens (tertiary/aromatic N) is 3. The van der Waals surface area contributed by atoms with Crippen LogP contribution in [0.2, 0.25) is 0 Å². The SMILES string of the molecule is COC(=O)/N=C(\N)c1ccc(CNC(=O)c2cnn(Cc3ccccc3)c2C)cc1. The van der Waals surface area contributed by atoms with Crippen molar-refractivity contribution in [3.8, 4) is 0 Å². The third kappa shape index (κ3) is 5.11. The number of methoxy groups -OCH3 is 1. The first-order valence-corrected chi connectivity index (χ1v) is 9.34. The summed E-state index contributed by atoms with van der Waals surface area (Å²) in [6, 6.07) is 17.0. The summed E-state index contributed by atoms with van der Waals surface area (Å²) in [7, 11) is 1.23. The lowest BCUT2D eigenvalue weighted by Crippen LogP contribution is -2.23. The maximum atomic E-state index is 12.6. The molecule has 1 heterocycles. The number of aliphatic imine (C=N–C) groups is 1. The number of hydrogen-bond acceptors (Lipinski definition) is 4. The van der Waals surface area contributed by atoms with Crippen LogP contribution in [-0.2, 0) is 17.8 Å². The molecule has 0 aliphatic heterocycles. The van der Waals surface area contributed by atoms with Gasteiger partial charge in [0, 0.05) is 17.8 Å². The molecule has 1 aromatic heterocycles. The lowest BCUT2D eigenvalue weighted by Gasteiger charge is -2.08. The van der Waals surface area contributed by atoms with Crippen LogP contribution in [0.1, 0.15) is 32.7 Å². The Morgan fingerprint density at radius 2 is 1.80 bits per heavy atom. The summed E-state index contributed by atoms with van der Waals surface area (Å²) in [5, 5.41) is 7.24. The van der Waals surface area contributed by atoms with Gasteiger partial charge in [0.05, 0.1) is 25.4 Å². The number of nitrogens with one attached hydrogen (secondary N) is 1. The molecule has 154 valence electrons. The minimum Gasteiger partial charge on any atom is -0.451 e. The van der Waals surface area contributed by atoms with E-state index in [4.69, 9.17) is 5.73 Å². The van der Waals surface area contributed by atoms with Crippen molar-refractivity contribution in [2.75, 3.05) is 7.11 Å². The number of ether oxygens (including phenoxy) is 1. The molecule has 0 fully saturated rings. The highest BCUT2D eigenvalue weighted by Gasteiger charge is 2.14. The standard InChI is InChI=1S/C22H23N5O3/c1-15-19(13-25-27(15)14-17-6-4-3-5-7-17)21(28)24-12-16-8-10-18(11-9-16)20(23)26-22(29)30-2/h3-11,13H,12,14H2,1-2H3,(H,24,28)(H2,23,26,29). The van der Waals surface area contributed by atoms with Crippen LogP contribution in [0, 0.1) is 6.92 Å². The summed E-state index contributed by atoms with van der Waals surface area (Å²) in [4.78, 5) is 27.3. The fraction of sp³-hybridized carbons (Fsp3) is 0.182. The number of rotatable bonds is 6. The van der Waals surface area contributed by atoms with Crippen molar-refractivity contribution in [1.82, 2.24) is 15.1 Å². The summed E-state index contributed by atoms with van der Waals surface area (Å²) >= 11 is 0. The topological polar surface area (TPSA) is 112 Å². The van der Waals surface area contributed by atoms with E-state index in [1.165, 1.54) is 7.11 Å². The molecule has 0 saturated heterocycles. The Labute approximate surface area is 174 Å². The van der Waals surface area contributed by atoms with Crippen molar-refractivity contribution in [3.63, 3.8) is 0 Å². The lowest BCUT2D eigenvalue weighted by molar-refractivity contribution is 0.0950. The van der Waals surface area contributed by atoms with E-state index >= 15 is 0 Å². The van der Waals surface area contributed by atoms with E-state index in [2.05, 4.69) is 20.1 Å². The summed E-state index contributed by atoms with van der Waals surface area (Å²) < 4.78 is 6.26. The van der Waals surface area contributed by atoms with Gasteiger partial charge in [0.15, 0.2) is 0 Å². The molecule has 0 unspecified atom stereocenters. The zero-order chi connectivity index (χ0) is 21.5. The molecule has 8 heteroatoms. The number of nitrogens with two attached hydrogens (primary N) is 1. The fourth-order valence-electron chi connectivity index (χ4n) is 2.86. The Balaban J connectivity index is 1.61. The molecule has 0 bridgehead atoms. The molecule has 30 heavy (non-hydrogen) atoms. The Bertz CT molecular complexity index is 1060. The van der Waals surface area contributed by atoms with Gasteiger partial charge >= 0.3 is 6.09 Å². The van der Waals surface area contributed by atoms with E-state index in [1.54, 1.807) is 30.5 Å². The van der Waals surface area contributed by atoms with E-state index in [-0.39, 0.29) is 11.7 Å². The van der Waals surface area contributed by atoms with Crippen LogP contribution in [0.3, 0.4) is 0 Å². The van der Waals surface area contributed by atoms with Crippen LogP contribution in [0.4, 0.5) is 4.79 Å². The zero-order valence-electron chi connectivity index (χ0n) is 16.8. The molecule has 0 aliphatic carbocycles. The molecule has 8 nitrogen and oxygen atoms in total. The van der Waals surface area contributed by atoms with Crippen LogP contribution in [-0.4, -0.2) is 34.7 Å². The summed E-state index contributed by atoms with van der Waals surface area (Å²) in [5.74, 6) is -0.124. The summed E-state index contributed by atoms with van der Waals surface area (Å²) in [5.41, 5.74) is 9.70. The molecular formula is C22H23N5O3. The average molecular weight is 405 g/mol. The average Bonchev–Trinajstić information content (AvgIpc) is 3.13. The van der Waals surface area contributed by atoms with Gasteiger partial charge < -0.3 is 15.8 Å². The number of hydrogen-bond donors (Lipinski definition) is 2. The summed E-state index contributed by atoms with van der Waals surface area (Å²) in [6.45, 7) is 2.83. The number of carbonyl (C=O) groups excluding carboxylic acids is 2. The Morgan fingerprint density at radius 1 is 1.10 bits per heavy atom. The predicted octanol–water partition coefficient (Wildman–Crippen LogP) is 2.64. The Morgan fingerprint density at radius 3 is 2.47 bits per heavy atom. The summed E-state index contributed by atoms with van der Waals surface area (Å²) in [6.07, 6.45) is 0.827. The number of amidine groups is 1. The second kappa shape index (κ2) is 9.51. The van der Waals surface area contributed by atoms with Gasteiger partial charge in [0.1, 0.15) is 5.84 Å². The Kier molecular flexibility index (Phi) is 6.59. The molecule has 0 aliphatic rings. The predicted molar refractivity (Wildman–Crippen MR) is 113 cm³/mol. The molecular weight excluding hydrogens is 382 g/mol.